The van der Waals surface area contributed by atoms with Crippen LogP contribution in [0.2, 0.25) is 0 Å². The predicted molar refractivity (Wildman–Crippen MR) is 34.1 cm³/mol. The van der Waals surface area contributed by atoms with Crippen LogP contribution in [0.25, 0.3) is 0 Å². The van der Waals surface area contributed by atoms with Gasteiger partial charge < -0.3 is 0 Å². The van der Waals surface area contributed by atoms with Crippen molar-refractivity contribution >= 4 is 10.2 Å². The maximum absolute atomic E-state index is 11.6. The van der Waals surface area contributed by atoms with E-state index < -0.39 is 10.2 Å². The van der Waals surface area contributed by atoms with E-state index in [2.05, 4.69) is 0 Å². The Labute approximate surface area is 54.6 Å². The Bertz CT molecular complexity index is 181. The van der Waals surface area contributed by atoms with Crippen LogP contribution in [0.4, 0.5) is 3.89 Å². The summed E-state index contributed by atoms with van der Waals surface area (Å²) >= 11 is 0. The van der Waals surface area contributed by atoms with Gasteiger partial charge in [0.1, 0.15) is 0 Å². The van der Waals surface area contributed by atoms with Gasteiger partial charge in [-0.25, -0.2) is 0 Å². The van der Waals surface area contributed by atoms with Crippen molar-refractivity contribution in [3.05, 3.63) is 11.5 Å². The van der Waals surface area contributed by atoms with Gasteiger partial charge in [0.2, 0.25) is 0 Å². The van der Waals surface area contributed by atoms with Crippen molar-refractivity contribution in [2.24, 2.45) is 0 Å². The summed E-state index contributed by atoms with van der Waals surface area (Å²) < 4.78 is 31.1. The van der Waals surface area contributed by atoms with Crippen LogP contribution in [0.15, 0.2) is 11.5 Å². The molecule has 0 aliphatic carbocycles. The smallest absolute Gasteiger partial charge is 0.190 e. The number of hydrogen-bond acceptors (Lipinski definition) is 2. The molecule has 0 saturated heterocycles. The van der Waals surface area contributed by atoms with E-state index in [1.807, 2.05) is 6.92 Å². The molecule has 0 unspecified atom stereocenters. The fourth-order valence-electron chi connectivity index (χ4n) is 0.350. The van der Waals surface area contributed by atoms with Gasteiger partial charge in [0.05, 0.1) is 5.41 Å². The van der Waals surface area contributed by atoms with Crippen molar-refractivity contribution in [1.29, 1.82) is 0 Å². The lowest BCUT2D eigenvalue weighted by Gasteiger charge is -1.80. The van der Waals surface area contributed by atoms with Gasteiger partial charge in [-0.3, -0.25) is 0 Å². The summed E-state index contributed by atoms with van der Waals surface area (Å²) in [6.45, 7) is 1.88. The Balaban J connectivity index is 3.73. The lowest BCUT2D eigenvalue weighted by atomic mass is 10.3. The minimum Gasteiger partial charge on any atom is -0.190 e. The molecular weight excluding hydrogens is 143 g/mol. The number of unbranched alkanes of at least 4 members (excludes halogenated alkanes) is 1. The molecule has 0 radical (unpaired) electrons. The van der Waals surface area contributed by atoms with Gasteiger partial charge in [0, 0.05) is 0 Å². The SMILES string of the molecule is CCCC=CS(=O)(=O)F. The van der Waals surface area contributed by atoms with Gasteiger partial charge in [0.25, 0.3) is 0 Å². The van der Waals surface area contributed by atoms with E-state index in [1.54, 1.807) is 0 Å². The number of halogens is 1. The summed E-state index contributed by atoms with van der Waals surface area (Å²) in [5.41, 5.74) is 0. The standard InChI is InChI=1S/C5H9FO2S/c1-2-3-4-5-9(6,7)8/h4-5H,2-3H2,1H3. The summed E-state index contributed by atoms with van der Waals surface area (Å²) in [5.74, 6) is 0. The first-order valence-corrected chi connectivity index (χ1v) is 4.12. The van der Waals surface area contributed by atoms with Crippen molar-refractivity contribution < 1.29 is 12.3 Å². The molecule has 2 nitrogen and oxygen atoms in total. The molecule has 0 heterocycles. The van der Waals surface area contributed by atoms with Crippen LogP contribution >= 0.6 is 0 Å². The second-order valence-corrected chi connectivity index (χ2v) is 2.86. The van der Waals surface area contributed by atoms with Crippen molar-refractivity contribution in [1.82, 2.24) is 0 Å². The highest BCUT2D eigenvalue weighted by atomic mass is 32.3. The third-order valence-electron chi connectivity index (χ3n) is 0.714. The summed E-state index contributed by atoms with van der Waals surface area (Å²) in [5, 5.41) is 0.580. The van der Waals surface area contributed by atoms with Gasteiger partial charge in [0.15, 0.2) is 0 Å². The summed E-state index contributed by atoms with van der Waals surface area (Å²) in [6.07, 6.45) is 2.73. The van der Waals surface area contributed by atoms with E-state index >= 15 is 0 Å². The zero-order chi connectivity index (χ0) is 7.33. The average molecular weight is 152 g/mol. The van der Waals surface area contributed by atoms with Crippen molar-refractivity contribution in [3.8, 4) is 0 Å². The van der Waals surface area contributed by atoms with Crippen LogP contribution in [0.5, 0.6) is 0 Å². The maximum atomic E-state index is 11.6. The summed E-state index contributed by atoms with van der Waals surface area (Å²) in [7, 11) is -4.38. The zero-order valence-corrected chi connectivity index (χ0v) is 5.99. The van der Waals surface area contributed by atoms with Gasteiger partial charge >= 0.3 is 10.2 Å². The van der Waals surface area contributed by atoms with Gasteiger partial charge in [-0.05, 0) is 6.42 Å². The van der Waals surface area contributed by atoms with Crippen LogP contribution < -0.4 is 0 Å². The first-order valence-electron chi connectivity index (χ1n) is 2.67. The van der Waals surface area contributed by atoms with Gasteiger partial charge in [-0.1, -0.05) is 19.4 Å². The number of hydrogen-bond donors (Lipinski definition) is 0. The molecule has 0 spiro atoms. The molecule has 0 amide bonds. The Kier molecular flexibility index (Phi) is 3.46. The third kappa shape index (κ3) is 7.62. The molecule has 4 heteroatoms. The molecule has 9 heavy (non-hydrogen) atoms. The highest BCUT2D eigenvalue weighted by Gasteiger charge is 1.95. The van der Waals surface area contributed by atoms with E-state index in [0.29, 0.717) is 11.8 Å². The van der Waals surface area contributed by atoms with Crippen LogP contribution in [0.1, 0.15) is 19.8 Å². The topological polar surface area (TPSA) is 34.1 Å². The zero-order valence-electron chi connectivity index (χ0n) is 5.17. The van der Waals surface area contributed by atoms with Crippen LogP contribution in [0, 0.1) is 0 Å². The van der Waals surface area contributed by atoms with Gasteiger partial charge in [-0.2, -0.15) is 8.42 Å². The monoisotopic (exact) mass is 152 g/mol. The Morgan fingerprint density at radius 2 is 2.11 bits per heavy atom. The molecule has 0 aliphatic rings. The van der Waals surface area contributed by atoms with E-state index in [1.165, 1.54) is 6.08 Å². The molecule has 0 rings (SSSR count). The lowest BCUT2D eigenvalue weighted by molar-refractivity contribution is 0.562. The highest BCUT2D eigenvalue weighted by Crippen LogP contribution is 1.95. The predicted octanol–water partition coefficient (Wildman–Crippen LogP) is 1.60. The maximum Gasteiger partial charge on any atom is 0.324 e. The minimum atomic E-state index is -4.38. The van der Waals surface area contributed by atoms with Crippen LogP contribution in [-0.2, 0) is 10.2 Å². The van der Waals surface area contributed by atoms with E-state index in [0.717, 1.165) is 6.42 Å². The molecule has 0 aromatic rings. The lowest BCUT2D eigenvalue weighted by Crippen LogP contribution is -1.80. The van der Waals surface area contributed by atoms with E-state index in [-0.39, 0.29) is 0 Å². The van der Waals surface area contributed by atoms with Crippen molar-refractivity contribution in [2.75, 3.05) is 0 Å². The van der Waals surface area contributed by atoms with Gasteiger partial charge in [-0.15, -0.1) is 3.89 Å². The number of rotatable bonds is 3. The molecule has 54 valence electrons. The Morgan fingerprint density at radius 1 is 1.56 bits per heavy atom. The molecule has 0 N–H and O–H groups in total. The Morgan fingerprint density at radius 3 is 2.44 bits per heavy atom. The minimum absolute atomic E-state index is 0.580. The fourth-order valence-corrected chi connectivity index (χ4v) is 0.716. The average Bonchev–Trinajstić information content (AvgIpc) is 1.63. The Hall–Kier alpha value is -0.380. The summed E-state index contributed by atoms with van der Waals surface area (Å²) in [6, 6.07) is 0. The molecule has 0 bridgehead atoms. The first-order chi connectivity index (χ1) is 4.06. The quantitative estimate of drug-likeness (QED) is 0.575. The largest absolute Gasteiger partial charge is 0.324 e. The van der Waals surface area contributed by atoms with E-state index in [9.17, 15) is 12.3 Å². The second kappa shape index (κ2) is 3.61. The molecule has 0 atom stereocenters. The van der Waals surface area contributed by atoms with Crippen molar-refractivity contribution in [3.63, 3.8) is 0 Å². The van der Waals surface area contributed by atoms with E-state index in [4.69, 9.17) is 0 Å². The van der Waals surface area contributed by atoms with Crippen LogP contribution in [0.3, 0.4) is 0 Å². The number of allylic oxidation sites excluding steroid dienone is 1. The normalized spacial score (nSPS) is 12.7. The fraction of sp³-hybridized carbons (Fsp3) is 0.600. The molecule has 0 fully saturated rings. The molecule has 0 aliphatic heterocycles. The summed E-state index contributed by atoms with van der Waals surface area (Å²) in [4.78, 5) is 0. The second-order valence-electron chi connectivity index (χ2n) is 1.64. The third-order valence-corrected chi connectivity index (χ3v) is 1.23. The highest BCUT2D eigenvalue weighted by molar-refractivity contribution is 7.89. The van der Waals surface area contributed by atoms with Crippen molar-refractivity contribution in [2.45, 2.75) is 19.8 Å². The molecular formula is C5H9FO2S. The van der Waals surface area contributed by atoms with Crippen LogP contribution in [-0.4, -0.2) is 8.42 Å². The first kappa shape index (κ1) is 8.62. The molecule has 0 aromatic carbocycles. The molecule has 0 aromatic heterocycles. The molecule has 0 saturated carbocycles.